The smallest absolute Gasteiger partial charge is 0.279 e. The van der Waals surface area contributed by atoms with Crippen molar-refractivity contribution in [2.75, 3.05) is 5.32 Å². The summed E-state index contributed by atoms with van der Waals surface area (Å²) in [6, 6.07) is 11.5. The van der Waals surface area contributed by atoms with Crippen LogP contribution < -0.4 is 10.9 Å². The molecule has 0 spiro atoms. The Labute approximate surface area is 101 Å². The Morgan fingerprint density at radius 3 is 2.75 bits per heavy atom. The van der Waals surface area contributed by atoms with Crippen LogP contribution in [0.1, 0.15) is 5.56 Å². The van der Waals surface area contributed by atoms with Crippen LogP contribution in [0, 0.1) is 0 Å². The monoisotopic (exact) mass is 279 g/mol. The molecule has 1 aromatic carbocycles. The summed E-state index contributed by atoms with van der Waals surface area (Å²) in [5.74, 6) is 0. The molecular weight excluding hydrogens is 270 g/mol. The van der Waals surface area contributed by atoms with Gasteiger partial charge in [0.15, 0.2) is 0 Å². The molecule has 0 aliphatic carbocycles. The van der Waals surface area contributed by atoms with Gasteiger partial charge >= 0.3 is 0 Å². The molecule has 0 aliphatic rings. The number of hydrogen-bond donors (Lipinski definition) is 1. The number of halogens is 1. The number of anilines is 1. The Bertz CT molecular complexity index is 524. The fraction of sp³-hybridized carbons (Fsp3) is 0.0909. The Kier molecular flexibility index (Phi) is 3.36. The third-order valence-corrected chi connectivity index (χ3v) is 2.63. The molecule has 0 unspecified atom stereocenters. The van der Waals surface area contributed by atoms with Gasteiger partial charge in [0.1, 0.15) is 0 Å². The molecule has 82 valence electrons. The van der Waals surface area contributed by atoms with Crippen LogP contribution in [-0.2, 0) is 6.54 Å². The first kappa shape index (κ1) is 10.9. The molecule has 2 aromatic rings. The highest BCUT2D eigenvalue weighted by Crippen LogP contribution is 2.05. The first-order valence-corrected chi connectivity index (χ1v) is 5.50. The first-order valence-electron chi connectivity index (χ1n) is 4.79. The molecular formula is C11H10BrN3O. The van der Waals surface area contributed by atoms with Crippen LogP contribution in [0.5, 0.6) is 0 Å². The van der Waals surface area contributed by atoms with Crippen LogP contribution in [0.25, 0.3) is 0 Å². The Balaban J connectivity index is 2.05. The molecule has 1 heterocycles. The summed E-state index contributed by atoms with van der Waals surface area (Å²) in [6.45, 7) is 0.675. The predicted molar refractivity (Wildman–Crippen MR) is 66.6 cm³/mol. The number of rotatable bonds is 3. The number of nitrogens with one attached hydrogen (secondary N) is 1. The molecule has 2 rings (SSSR count). The van der Waals surface area contributed by atoms with Crippen molar-refractivity contribution in [1.82, 2.24) is 8.81 Å². The van der Waals surface area contributed by atoms with Gasteiger partial charge in [-0.15, -0.1) is 0 Å². The Morgan fingerprint density at radius 1 is 1.31 bits per heavy atom. The SMILES string of the molecule is O=c1cc(NCc2ccccc2)cnn1Br. The van der Waals surface area contributed by atoms with Gasteiger partial charge in [0.05, 0.1) is 28.0 Å². The molecule has 0 fully saturated rings. The van der Waals surface area contributed by atoms with Gasteiger partial charge in [0, 0.05) is 12.6 Å². The second-order valence-corrected chi connectivity index (χ2v) is 3.95. The molecule has 0 saturated carbocycles. The highest BCUT2D eigenvalue weighted by molar-refractivity contribution is 9.08. The zero-order valence-electron chi connectivity index (χ0n) is 8.43. The molecule has 0 bridgehead atoms. The van der Waals surface area contributed by atoms with Gasteiger partial charge in [0.25, 0.3) is 5.56 Å². The van der Waals surface area contributed by atoms with Crippen molar-refractivity contribution in [2.24, 2.45) is 0 Å². The van der Waals surface area contributed by atoms with Gasteiger partial charge in [-0.2, -0.15) is 8.81 Å². The summed E-state index contributed by atoms with van der Waals surface area (Å²) in [5.41, 5.74) is 1.67. The summed E-state index contributed by atoms with van der Waals surface area (Å²) in [4.78, 5) is 11.3. The zero-order valence-corrected chi connectivity index (χ0v) is 10.0. The lowest BCUT2D eigenvalue weighted by molar-refractivity contribution is 0.933. The minimum Gasteiger partial charge on any atom is -0.380 e. The molecule has 0 radical (unpaired) electrons. The quantitative estimate of drug-likeness (QED) is 0.935. The largest absolute Gasteiger partial charge is 0.380 e. The maximum atomic E-state index is 11.3. The molecule has 0 amide bonds. The second kappa shape index (κ2) is 4.94. The van der Waals surface area contributed by atoms with E-state index in [9.17, 15) is 4.79 Å². The van der Waals surface area contributed by atoms with Gasteiger partial charge in [-0.05, 0) is 5.56 Å². The van der Waals surface area contributed by atoms with E-state index >= 15 is 0 Å². The van der Waals surface area contributed by atoms with Crippen LogP contribution in [0.3, 0.4) is 0 Å². The molecule has 0 aliphatic heterocycles. The van der Waals surface area contributed by atoms with E-state index in [1.165, 1.54) is 6.07 Å². The lowest BCUT2D eigenvalue weighted by atomic mass is 10.2. The van der Waals surface area contributed by atoms with Gasteiger partial charge in [-0.3, -0.25) is 4.79 Å². The standard InChI is InChI=1S/C11H10BrN3O/c12-15-11(16)6-10(8-14-15)13-7-9-4-2-1-3-5-9/h1-6,8,13H,7H2. The van der Waals surface area contributed by atoms with Gasteiger partial charge in [-0.25, -0.2) is 0 Å². The molecule has 1 N–H and O–H groups in total. The maximum absolute atomic E-state index is 11.3. The highest BCUT2D eigenvalue weighted by Gasteiger charge is 1.97. The average molecular weight is 280 g/mol. The Morgan fingerprint density at radius 2 is 2.06 bits per heavy atom. The first-order chi connectivity index (χ1) is 7.75. The normalized spacial score (nSPS) is 10.1. The van der Waals surface area contributed by atoms with Crippen LogP contribution in [-0.4, -0.2) is 8.81 Å². The van der Waals surface area contributed by atoms with Crippen molar-refractivity contribution in [3.63, 3.8) is 0 Å². The fourth-order valence-corrected chi connectivity index (χ4v) is 1.48. The van der Waals surface area contributed by atoms with E-state index in [0.29, 0.717) is 12.2 Å². The van der Waals surface area contributed by atoms with Gasteiger partial charge < -0.3 is 5.32 Å². The predicted octanol–water partition coefficient (Wildman–Crippen LogP) is 2.01. The van der Waals surface area contributed by atoms with E-state index < -0.39 is 0 Å². The summed E-state index contributed by atoms with van der Waals surface area (Å²) < 4.78 is 1.11. The van der Waals surface area contributed by atoms with E-state index in [0.717, 1.165) is 9.27 Å². The van der Waals surface area contributed by atoms with E-state index in [-0.39, 0.29) is 5.56 Å². The summed E-state index contributed by atoms with van der Waals surface area (Å²) in [5, 5.41) is 6.98. The topological polar surface area (TPSA) is 46.9 Å². The third-order valence-electron chi connectivity index (χ3n) is 2.10. The van der Waals surface area contributed by atoms with Crippen LogP contribution >= 0.6 is 16.1 Å². The van der Waals surface area contributed by atoms with Gasteiger partial charge in [-0.1, -0.05) is 30.3 Å². The van der Waals surface area contributed by atoms with Crippen LogP contribution in [0.15, 0.2) is 47.4 Å². The summed E-state index contributed by atoms with van der Waals surface area (Å²) in [6.07, 6.45) is 1.60. The lowest BCUT2D eigenvalue weighted by Gasteiger charge is -2.05. The van der Waals surface area contributed by atoms with Crippen molar-refractivity contribution >= 4 is 21.8 Å². The van der Waals surface area contributed by atoms with Crippen molar-refractivity contribution in [1.29, 1.82) is 0 Å². The van der Waals surface area contributed by atoms with E-state index in [1.807, 2.05) is 30.3 Å². The third kappa shape index (κ3) is 2.70. The lowest BCUT2D eigenvalue weighted by Crippen LogP contribution is -2.14. The molecule has 1 aromatic heterocycles. The number of hydrogen-bond acceptors (Lipinski definition) is 3. The van der Waals surface area contributed by atoms with Crippen molar-refractivity contribution in [3.8, 4) is 0 Å². The molecule has 5 heteroatoms. The maximum Gasteiger partial charge on any atom is 0.279 e. The van der Waals surface area contributed by atoms with Gasteiger partial charge in [0.2, 0.25) is 0 Å². The molecule has 0 saturated heterocycles. The Hall–Kier alpha value is -1.62. The van der Waals surface area contributed by atoms with E-state index in [4.69, 9.17) is 0 Å². The molecule has 0 atom stereocenters. The summed E-state index contributed by atoms with van der Waals surface area (Å²) in [7, 11) is 0. The van der Waals surface area contributed by atoms with Crippen molar-refractivity contribution in [3.05, 3.63) is 58.5 Å². The molecule has 4 nitrogen and oxygen atoms in total. The highest BCUT2D eigenvalue weighted by atomic mass is 79.9. The number of nitrogens with zero attached hydrogens (tertiary/aromatic N) is 2. The zero-order chi connectivity index (χ0) is 11.4. The second-order valence-electron chi connectivity index (χ2n) is 3.28. The van der Waals surface area contributed by atoms with E-state index in [2.05, 4.69) is 26.6 Å². The summed E-state index contributed by atoms with van der Waals surface area (Å²) >= 11 is 2.99. The van der Waals surface area contributed by atoms with Crippen LogP contribution in [0.2, 0.25) is 0 Å². The minimum absolute atomic E-state index is 0.196. The number of benzene rings is 1. The van der Waals surface area contributed by atoms with Crippen LogP contribution in [0.4, 0.5) is 5.69 Å². The van der Waals surface area contributed by atoms with Crippen molar-refractivity contribution < 1.29 is 0 Å². The fourth-order valence-electron chi connectivity index (χ4n) is 1.29. The number of aromatic nitrogens is 2. The molecule has 16 heavy (non-hydrogen) atoms. The van der Waals surface area contributed by atoms with E-state index in [1.54, 1.807) is 6.20 Å². The minimum atomic E-state index is -0.196. The average Bonchev–Trinajstić information content (AvgIpc) is 2.32. The van der Waals surface area contributed by atoms with Crippen molar-refractivity contribution in [2.45, 2.75) is 6.54 Å².